The number of Topliss-reactive ketones (excluding diaryl/α,β-unsaturated/α-hetero) is 2. The van der Waals surface area contributed by atoms with Gasteiger partial charge in [-0.05, 0) is 62.2 Å². The Morgan fingerprint density at radius 1 is 1.18 bits per heavy atom. The molecule has 11 heteroatoms. The average Bonchev–Trinajstić information content (AvgIpc) is 2.69. The smallest absolute Gasteiger partial charge is 0.255 e. The Morgan fingerprint density at radius 2 is 1.79 bits per heavy atom. The van der Waals surface area contributed by atoms with E-state index in [0.29, 0.717) is 3.57 Å². The molecule has 1 amide bonds. The van der Waals surface area contributed by atoms with E-state index < -0.39 is 75.0 Å². The van der Waals surface area contributed by atoms with Crippen LogP contribution in [0.15, 0.2) is 29.0 Å². The van der Waals surface area contributed by atoms with Crippen LogP contribution in [0.2, 0.25) is 0 Å². The van der Waals surface area contributed by atoms with Crippen LogP contribution < -0.4 is 5.73 Å². The molecule has 0 aliphatic heterocycles. The van der Waals surface area contributed by atoms with E-state index in [2.05, 4.69) is 0 Å². The molecule has 5 atom stereocenters. The number of halogens is 1. The normalized spacial score (nSPS) is 33.7. The number of aliphatic hydroxyl groups is 4. The zero-order chi connectivity index (χ0) is 24.8. The maximum Gasteiger partial charge on any atom is 0.255 e. The number of hydrogen-bond acceptors (Lipinski definition) is 9. The SMILES string of the molecule is CN(C)[C@@H]1C(=O)C(C(N)=O)=C(O)[C@@]2(O)C(=O)C3=C(O)c4c(O)ccc(I)c4[C@@](C)(O)[C@H]3C[C@@H]12. The molecule has 0 aromatic heterocycles. The number of phenols is 1. The number of amides is 1. The quantitative estimate of drug-likeness (QED) is 0.214. The molecular weight excluding hydrogens is 547 g/mol. The number of nitrogens with two attached hydrogens (primary N) is 1. The van der Waals surface area contributed by atoms with Gasteiger partial charge in [-0.1, -0.05) is 0 Å². The van der Waals surface area contributed by atoms with Gasteiger partial charge in [0.25, 0.3) is 5.91 Å². The fourth-order valence-corrected chi connectivity index (χ4v) is 6.57. The largest absolute Gasteiger partial charge is 0.508 e. The first-order chi connectivity index (χ1) is 15.2. The van der Waals surface area contributed by atoms with Gasteiger partial charge in [0.15, 0.2) is 11.4 Å². The molecule has 176 valence electrons. The summed E-state index contributed by atoms with van der Waals surface area (Å²) in [6.45, 7) is 1.42. The average molecular weight is 570 g/mol. The van der Waals surface area contributed by atoms with E-state index in [1.807, 2.05) is 22.6 Å². The van der Waals surface area contributed by atoms with Crippen molar-refractivity contribution < 1.29 is 39.9 Å². The summed E-state index contributed by atoms with van der Waals surface area (Å²) in [5.74, 6) is -7.91. The molecule has 0 bridgehead atoms. The number of fused-ring (bicyclic) bond motifs is 3. The Kier molecular flexibility index (Phi) is 5.21. The van der Waals surface area contributed by atoms with Gasteiger partial charge in [-0.15, -0.1) is 0 Å². The monoisotopic (exact) mass is 570 g/mol. The minimum absolute atomic E-state index is 0.164. The molecule has 4 rings (SSSR count). The molecule has 1 aromatic rings. The highest BCUT2D eigenvalue weighted by Crippen LogP contribution is 2.57. The van der Waals surface area contributed by atoms with Crippen molar-refractivity contribution in [3.63, 3.8) is 0 Å². The molecule has 0 heterocycles. The predicted molar refractivity (Wildman–Crippen MR) is 123 cm³/mol. The van der Waals surface area contributed by atoms with E-state index in [-0.39, 0.29) is 17.5 Å². The fourth-order valence-electron chi connectivity index (χ4n) is 5.58. The van der Waals surface area contributed by atoms with Crippen LogP contribution in [0.1, 0.15) is 24.5 Å². The van der Waals surface area contributed by atoms with E-state index >= 15 is 0 Å². The van der Waals surface area contributed by atoms with Gasteiger partial charge >= 0.3 is 0 Å². The maximum atomic E-state index is 13.7. The van der Waals surface area contributed by atoms with Crippen LogP contribution in [0.4, 0.5) is 0 Å². The molecule has 33 heavy (non-hydrogen) atoms. The van der Waals surface area contributed by atoms with Crippen molar-refractivity contribution in [1.82, 2.24) is 4.90 Å². The van der Waals surface area contributed by atoms with E-state index in [0.717, 1.165) is 0 Å². The first-order valence-corrected chi connectivity index (χ1v) is 11.2. The number of rotatable bonds is 2. The number of carbonyl (C=O) groups excluding carboxylic acids is 3. The van der Waals surface area contributed by atoms with E-state index in [4.69, 9.17) is 5.73 Å². The van der Waals surface area contributed by atoms with Crippen molar-refractivity contribution in [2.75, 3.05) is 14.1 Å². The third-order valence-corrected chi connectivity index (χ3v) is 7.97. The van der Waals surface area contributed by atoms with Crippen molar-refractivity contribution in [3.8, 4) is 5.75 Å². The molecule has 7 N–H and O–H groups in total. The number of ketones is 2. The van der Waals surface area contributed by atoms with Gasteiger partial charge in [-0.3, -0.25) is 19.3 Å². The number of aromatic hydroxyl groups is 1. The second-order valence-electron chi connectivity index (χ2n) is 9.08. The van der Waals surface area contributed by atoms with Gasteiger partial charge in [0.05, 0.1) is 17.2 Å². The molecule has 10 nitrogen and oxygen atoms in total. The maximum absolute atomic E-state index is 13.7. The molecule has 0 radical (unpaired) electrons. The Bertz CT molecular complexity index is 1200. The molecule has 0 saturated heterocycles. The van der Waals surface area contributed by atoms with Gasteiger partial charge in [0.1, 0.15) is 22.8 Å². The number of phenolic OH excluding ortho intramolecular Hbond substituents is 1. The minimum Gasteiger partial charge on any atom is -0.508 e. The molecular formula is C22H23IN2O8. The lowest BCUT2D eigenvalue weighted by molar-refractivity contribution is -0.159. The number of aliphatic hydroxyl groups excluding tert-OH is 2. The summed E-state index contributed by atoms with van der Waals surface area (Å²) < 4.78 is 0.520. The molecule has 3 aliphatic rings. The van der Waals surface area contributed by atoms with Gasteiger partial charge in [0.2, 0.25) is 5.78 Å². The summed E-state index contributed by atoms with van der Waals surface area (Å²) >= 11 is 1.93. The van der Waals surface area contributed by atoms with Crippen LogP contribution in [0.5, 0.6) is 5.75 Å². The zero-order valence-electron chi connectivity index (χ0n) is 18.0. The number of nitrogens with zero attached hydrogens (tertiary/aromatic N) is 1. The Labute approximate surface area is 202 Å². The molecule has 0 unspecified atom stereocenters. The topological polar surface area (TPSA) is 182 Å². The van der Waals surface area contributed by atoms with Crippen molar-refractivity contribution in [2.45, 2.75) is 30.6 Å². The van der Waals surface area contributed by atoms with Crippen molar-refractivity contribution >= 4 is 45.8 Å². The standard InChI is InChI=1S/C22H23IN2O8/c1-21(32)7-6-8-15(25(2)3)17(28)13(20(24)31)19(30)22(8,33)18(29)11(7)16(27)12-10(26)5-4-9(23)14(12)21/h4-5,7-8,15,26-27,30,32-33H,6H2,1-3H3,(H2,24,31)/t7-,8-,15-,21-,22-/m0/s1. The van der Waals surface area contributed by atoms with Gasteiger partial charge in [-0.25, -0.2) is 0 Å². The molecule has 1 fully saturated rings. The Morgan fingerprint density at radius 3 is 2.33 bits per heavy atom. The lowest BCUT2D eigenvalue weighted by atomic mass is 9.54. The van der Waals surface area contributed by atoms with Gasteiger partial charge in [-0.2, -0.15) is 0 Å². The third kappa shape index (κ3) is 2.85. The summed E-state index contributed by atoms with van der Waals surface area (Å²) in [7, 11) is 3.01. The number of likely N-dealkylation sites (N-methyl/N-ethyl adjacent to an activating group) is 1. The summed E-state index contributed by atoms with van der Waals surface area (Å²) in [6, 6.07) is 1.62. The second kappa shape index (κ2) is 7.26. The van der Waals surface area contributed by atoms with Crippen LogP contribution in [0.3, 0.4) is 0 Å². The van der Waals surface area contributed by atoms with Crippen molar-refractivity contribution in [1.29, 1.82) is 0 Å². The summed E-state index contributed by atoms with van der Waals surface area (Å²) in [5, 5.41) is 55.4. The highest BCUT2D eigenvalue weighted by Gasteiger charge is 2.66. The Hall–Kier alpha value is -2.48. The first-order valence-electron chi connectivity index (χ1n) is 10.1. The lowest BCUT2D eigenvalue weighted by Gasteiger charge is -2.53. The second-order valence-corrected chi connectivity index (χ2v) is 10.2. The lowest BCUT2D eigenvalue weighted by Crippen LogP contribution is -2.67. The zero-order valence-corrected chi connectivity index (χ0v) is 20.1. The molecule has 3 aliphatic carbocycles. The predicted octanol–water partition coefficient (Wildman–Crippen LogP) is 0.234. The molecule has 1 aromatic carbocycles. The van der Waals surface area contributed by atoms with Crippen LogP contribution in [-0.2, 0) is 20.0 Å². The number of benzene rings is 1. The summed E-state index contributed by atoms with van der Waals surface area (Å²) in [4.78, 5) is 40.2. The van der Waals surface area contributed by atoms with Gasteiger partial charge < -0.3 is 31.3 Å². The minimum atomic E-state index is -2.75. The van der Waals surface area contributed by atoms with Gasteiger partial charge in [0, 0.05) is 26.5 Å². The van der Waals surface area contributed by atoms with E-state index in [1.165, 1.54) is 32.0 Å². The number of primary amides is 1. The third-order valence-electron chi connectivity index (χ3n) is 7.07. The highest BCUT2D eigenvalue weighted by atomic mass is 127. The van der Waals surface area contributed by atoms with Crippen LogP contribution in [0.25, 0.3) is 5.76 Å². The van der Waals surface area contributed by atoms with E-state index in [1.54, 1.807) is 6.07 Å². The molecule has 1 saturated carbocycles. The summed E-state index contributed by atoms with van der Waals surface area (Å²) in [6.07, 6.45) is -0.204. The summed E-state index contributed by atoms with van der Waals surface area (Å²) in [5.41, 5.74) is -0.514. The Balaban J connectivity index is 2.07. The first kappa shape index (κ1) is 23.7. The number of carbonyl (C=O) groups is 3. The fraction of sp³-hybridized carbons (Fsp3) is 0.409. The van der Waals surface area contributed by atoms with Crippen molar-refractivity contribution in [3.05, 3.63) is 43.7 Å². The van der Waals surface area contributed by atoms with Crippen LogP contribution in [0, 0.1) is 15.4 Å². The van der Waals surface area contributed by atoms with Crippen molar-refractivity contribution in [2.24, 2.45) is 17.6 Å². The number of hydrogen-bond donors (Lipinski definition) is 6. The van der Waals surface area contributed by atoms with Crippen LogP contribution >= 0.6 is 22.6 Å². The van der Waals surface area contributed by atoms with Crippen LogP contribution in [-0.4, -0.2) is 73.6 Å². The molecule has 0 spiro atoms. The van der Waals surface area contributed by atoms with E-state index in [9.17, 15) is 39.9 Å². The highest BCUT2D eigenvalue weighted by molar-refractivity contribution is 14.1.